The smallest absolute Gasteiger partial charge is 0.332 e. The maximum Gasteiger partial charge on any atom is 0.332 e. The van der Waals surface area contributed by atoms with Gasteiger partial charge in [0.1, 0.15) is 24.8 Å². The number of quaternary nitrogens is 1. The van der Waals surface area contributed by atoms with Gasteiger partial charge >= 0.3 is 5.69 Å². The molecular formula is C19H26ClN5O4. The number of imidazole rings is 1. The number of aliphatic hydroxyl groups excluding tert-OH is 2. The van der Waals surface area contributed by atoms with Crippen molar-refractivity contribution in [2.24, 2.45) is 14.1 Å². The fourth-order valence-corrected chi connectivity index (χ4v) is 3.29. The molecule has 0 amide bonds. The summed E-state index contributed by atoms with van der Waals surface area (Å²) in [5.41, 5.74) is 0.504. The van der Waals surface area contributed by atoms with Gasteiger partial charge in [0.05, 0.1) is 12.9 Å². The third kappa shape index (κ3) is 4.59. The standard InChI is InChI=1S/C19H25N5O4.ClH/c1-12(16(26)13-7-5-4-6-8-13)20-9-14(25)10-24-11-21-17-15(24)18(27)23(3)19(28)22(17)2;/h4-8,11-12,14,16,20,25-26H,9-10H2,1-3H3;1H. The number of nitrogens with zero attached hydrogens (tertiary/aromatic N) is 4. The Bertz CT molecular complexity index is 1080. The maximum atomic E-state index is 12.4. The summed E-state index contributed by atoms with van der Waals surface area (Å²) in [5, 5.41) is 22.7. The average Bonchev–Trinajstić information content (AvgIpc) is 3.12. The van der Waals surface area contributed by atoms with E-state index in [1.54, 1.807) is 11.6 Å². The highest BCUT2D eigenvalue weighted by atomic mass is 35.5. The van der Waals surface area contributed by atoms with Crippen molar-refractivity contribution in [1.82, 2.24) is 18.7 Å². The number of benzene rings is 1. The molecule has 1 aromatic carbocycles. The Kier molecular flexibility index (Phi) is 7.37. The molecule has 3 atom stereocenters. The van der Waals surface area contributed by atoms with Crippen LogP contribution in [0.4, 0.5) is 0 Å². The van der Waals surface area contributed by atoms with Crippen LogP contribution in [-0.2, 0) is 20.6 Å². The van der Waals surface area contributed by atoms with Crippen molar-refractivity contribution >= 4 is 11.2 Å². The fraction of sp³-hybridized carbons (Fsp3) is 0.421. The van der Waals surface area contributed by atoms with Crippen molar-refractivity contribution in [3.8, 4) is 0 Å². The van der Waals surface area contributed by atoms with Crippen molar-refractivity contribution in [2.45, 2.75) is 31.7 Å². The molecule has 0 aliphatic heterocycles. The van der Waals surface area contributed by atoms with Crippen LogP contribution in [0.5, 0.6) is 0 Å². The van der Waals surface area contributed by atoms with Crippen LogP contribution in [0.2, 0.25) is 0 Å². The van der Waals surface area contributed by atoms with Crippen LogP contribution in [0.3, 0.4) is 0 Å². The summed E-state index contributed by atoms with van der Waals surface area (Å²) >= 11 is 0. The fourth-order valence-electron chi connectivity index (χ4n) is 3.29. The minimum atomic E-state index is -0.759. The number of halogens is 1. The second-order valence-electron chi connectivity index (χ2n) is 7.11. The van der Waals surface area contributed by atoms with Crippen molar-refractivity contribution in [3.05, 3.63) is 63.1 Å². The van der Waals surface area contributed by atoms with Crippen molar-refractivity contribution in [1.29, 1.82) is 0 Å². The number of aromatic nitrogens is 4. The van der Waals surface area contributed by atoms with E-state index in [1.165, 1.54) is 17.9 Å². The molecule has 0 saturated heterocycles. The molecule has 29 heavy (non-hydrogen) atoms. The number of rotatable bonds is 7. The maximum absolute atomic E-state index is 12.4. The monoisotopic (exact) mass is 423 g/mol. The van der Waals surface area contributed by atoms with Crippen LogP contribution in [-0.4, -0.2) is 47.6 Å². The lowest BCUT2D eigenvalue weighted by Crippen LogP contribution is -3.00. The van der Waals surface area contributed by atoms with E-state index in [-0.39, 0.29) is 36.2 Å². The Morgan fingerprint density at radius 3 is 2.41 bits per heavy atom. The number of aryl methyl sites for hydroxylation is 1. The Balaban J connectivity index is 0.00000300. The third-order valence-electron chi connectivity index (χ3n) is 5.04. The Labute approximate surface area is 173 Å². The first-order valence-corrected chi connectivity index (χ1v) is 9.16. The first-order valence-electron chi connectivity index (χ1n) is 9.16. The molecule has 0 aliphatic rings. The molecule has 2 aromatic heterocycles. The van der Waals surface area contributed by atoms with Gasteiger partial charge in [0.15, 0.2) is 11.2 Å². The van der Waals surface area contributed by atoms with E-state index in [0.29, 0.717) is 6.54 Å². The van der Waals surface area contributed by atoms with Crippen molar-refractivity contribution < 1.29 is 27.9 Å². The molecule has 0 radical (unpaired) electrons. The summed E-state index contributed by atoms with van der Waals surface area (Å²) in [5.74, 6) is 0. The van der Waals surface area contributed by atoms with Crippen LogP contribution in [0.1, 0.15) is 18.6 Å². The average molecular weight is 424 g/mol. The van der Waals surface area contributed by atoms with Gasteiger partial charge in [0.2, 0.25) is 0 Å². The van der Waals surface area contributed by atoms with E-state index in [2.05, 4.69) is 4.98 Å². The van der Waals surface area contributed by atoms with Gasteiger partial charge in [-0.3, -0.25) is 13.9 Å². The zero-order chi connectivity index (χ0) is 20.4. The lowest BCUT2D eigenvalue weighted by atomic mass is 10.0. The molecule has 10 heteroatoms. The number of hydrogen-bond donors (Lipinski definition) is 3. The summed E-state index contributed by atoms with van der Waals surface area (Å²) < 4.78 is 3.90. The summed E-state index contributed by atoms with van der Waals surface area (Å²) in [6, 6.07) is 9.22. The summed E-state index contributed by atoms with van der Waals surface area (Å²) in [6.07, 6.45) is 0.0470. The zero-order valence-electron chi connectivity index (χ0n) is 16.6. The molecule has 0 aliphatic carbocycles. The predicted octanol–water partition coefficient (Wildman–Crippen LogP) is -4.52. The van der Waals surface area contributed by atoms with E-state index in [4.69, 9.17) is 0 Å². The molecule has 0 spiro atoms. The minimum Gasteiger partial charge on any atom is -1.00 e. The summed E-state index contributed by atoms with van der Waals surface area (Å²) in [4.78, 5) is 28.6. The van der Waals surface area contributed by atoms with Crippen molar-refractivity contribution in [2.75, 3.05) is 6.54 Å². The van der Waals surface area contributed by atoms with Crippen molar-refractivity contribution in [3.63, 3.8) is 0 Å². The molecule has 2 heterocycles. The topological polar surface area (TPSA) is 119 Å². The highest BCUT2D eigenvalue weighted by Crippen LogP contribution is 2.13. The summed E-state index contributed by atoms with van der Waals surface area (Å²) in [6.45, 7) is 2.40. The predicted molar refractivity (Wildman–Crippen MR) is 104 cm³/mol. The molecule has 3 rings (SSSR count). The number of fused-ring (bicyclic) bond motifs is 1. The van der Waals surface area contributed by atoms with Crippen LogP contribution >= 0.6 is 0 Å². The Morgan fingerprint density at radius 1 is 1.10 bits per heavy atom. The van der Waals surface area contributed by atoms with Gasteiger partial charge in [0.25, 0.3) is 5.56 Å². The molecule has 158 valence electrons. The second-order valence-corrected chi connectivity index (χ2v) is 7.11. The molecule has 3 aromatic rings. The zero-order valence-corrected chi connectivity index (χ0v) is 17.3. The summed E-state index contributed by atoms with van der Waals surface area (Å²) in [7, 11) is 2.97. The second kappa shape index (κ2) is 9.36. The van der Waals surface area contributed by atoms with Crippen LogP contribution < -0.4 is 29.0 Å². The SMILES string of the molecule is CC([NH2+]CC(O)Cn1cnc2c1c(=O)n(C)c(=O)n2C)C(O)c1ccccc1.[Cl-]. The van der Waals surface area contributed by atoms with Gasteiger partial charge in [-0.2, -0.15) is 0 Å². The van der Waals surface area contributed by atoms with E-state index in [9.17, 15) is 19.8 Å². The molecule has 4 N–H and O–H groups in total. The highest BCUT2D eigenvalue weighted by molar-refractivity contribution is 5.69. The molecule has 3 unspecified atom stereocenters. The van der Waals surface area contributed by atoms with Gasteiger partial charge < -0.3 is 32.5 Å². The number of nitrogens with two attached hydrogens (primary N) is 1. The van der Waals surface area contributed by atoms with Gasteiger partial charge in [-0.15, -0.1) is 0 Å². The van der Waals surface area contributed by atoms with E-state index < -0.39 is 23.5 Å². The minimum absolute atomic E-state index is 0. The highest BCUT2D eigenvalue weighted by Gasteiger charge is 2.21. The third-order valence-corrected chi connectivity index (χ3v) is 5.04. The van der Waals surface area contributed by atoms with Gasteiger partial charge in [0, 0.05) is 14.1 Å². The number of aliphatic hydroxyl groups is 2. The lowest BCUT2D eigenvalue weighted by Gasteiger charge is -2.19. The van der Waals surface area contributed by atoms with E-state index >= 15 is 0 Å². The van der Waals surface area contributed by atoms with Gasteiger partial charge in [-0.25, -0.2) is 9.78 Å². The first kappa shape index (κ1) is 22.8. The largest absolute Gasteiger partial charge is 1.00 e. The lowest BCUT2D eigenvalue weighted by molar-refractivity contribution is -0.699. The van der Waals surface area contributed by atoms with E-state index in [1.807, 2.05) is 42.6 Å². The Hall–Kier alpha value is -2.46. The van der Waals surface area contributed by atoms with E-state index in [0.717, 1.165) is 10.1 Å². The molecule has 0 bridgehead atoms. The van der Waals surface area contributed by atoms with Gasteiger partial charge in [-0.05, 0) is 12.5 Å². The van der Waals surface area contributed by atoms with Gasteiger partial charge in [-0.1, -0.05) is 30.3 Å². The first-order chi connectivity index (χ1) is 13.3. The molecular weight excluding hydrogens is 398 g/mol. The molecule has 0 saturated carbocycles. The van der Waals surface area contributed by atoms with Crippen LogP contribution in [0.25, 0.3) is 11.2 Å². The van der Waals surface area contributed by atoms with Crippen LogP contribution in [0.15, 0.2) is 46.2 Å². The Morgan fingerprint density at radius 2 is 1.76 bits per heavy atom. The molecule has 9 nitrogen and oxygen atoms in total. The molecule has 0 fully saturated rings. The normalized spacial score (nSPS) is 14.4. The number of hydrogen-bond acceptors (Lipinski definition) is 5. The van der Waals surface area contributed by atoms with Crippen LogP contribution in [0, 0.1) is 0 Å². The quantitative estimate of drug-likeness (QED) is 0.354.